The maximum atomic E-state index is 12.6. The zero-order valence-electron chi connectivity index (χ0n) is 14.1. The van der Waals surface area contributed by atoms with E-state index in [4.69, 9.17) is 0 Å². The van der Waals surface area contributed by atoms with E-state index >= 15 is 0 Å². The SMILES string of the molecule is Cc1ccc2c(c1)c(C)c(C(=O)NCCn1ccc(C)n1)n2C. The summed E-state index contributed by atoms with van der Waals surface area (Å²) in [6.07, 6.45) is 1.92. The Kier molecular flexibility index (Phi) is 3.94. The summed E-state index contributed by atoms with van der Waals surface area (Å²) in [5.41, 5.74) is 5.02. The van der Waals surface area contributed by atoms with E-state index in [1.54, 1.807) is 0 Å². The van der Waals surface area contributed by atoms with Crippen molar-refractivity contribution >= 4 is 16.8 Å². The largest absolute Gasteiger partial charge is 0.349 e. The lowest BCUT2D eigenvalue weighted by Gasteiger charge is -2.08. The lowest BCUT2D eigenvalue weighted by atomic mass is 10.1. The van der Waals surface area contributed by atoms with Crippen LogP contribution in [0.1, 0.15) is 27.3 Å². The molecule has 0 unspecified atom stereocenters. The van der Waals surface area contributed by atoms with Gasteiger partial charge in [-0.2, -0.15) is 5.10 Å². The van der Waals surface area contributed by atoms with Crippen molar-refractivity contribution in [3.63, 3.8) is 0 Å². The molecule has 1 amide bonds. The number of benzene rings is 1. The highest BCUT2D eigenvalue weighted by Crippen LogP contribution is 2.25. The number of nitrogens with zero attached hydrogens (tertiary/aromatic N) is 3. The third kappa shape index (κ3) is 2.86. The molecule has 0 saturated heterocycles. The van der Waals surface area contributed by atoms with Crippen LogP contribution in [0.5, 0.6) is 0 Å². The van der Waals surface area contributed by atoms with Gasteiger partial charge < -0.3 is 9.88 Å². The molecule has 0 fully saturated rings. The molecule has 0 spiro atoms. The highest BCUT2D eigenvalue weighted by atomic mass is 16.1. The van der Waals surface area contributed by atoms with Crippen LogP contribution in [0.15, 0.2) is 30.5 Å². The van der Waals surface area contributed by atoms with Gasteiger partial charge in [0.1, 0.15) is 5.69 Å². The minimum atomic E-state index is -0.0391. The molecule has 0 aliphatic heterocycles. The maximum Gasteiger partial charge on any atom is 0.268 e. The second-order valence-electron chi connectivity index (χ2n) is 6.03. The first-order valence-electron chi connectivity index (χ1n) is 7.81. The van der Waals surface area contributed by atoms with E-state index in [-0.39, 0.29) is 5.91 Å². The first-order chi connectivity index (χ1) is 11.0. The smallest absolute Gasteiger partial charge is 0.268 e. The molecule has 0 bridgehead atoms. The fourth-order valence-electron chi connectivity index (χ4n) is 3.02. The van der Waals surface area contributed by atoms with E-state index in [9.17, 15) is 4.79 Å². The van der Waals surface area contributed by atoms with Gasteiger partial charge in [0.05, 0.1) is 12.2 Å². The third-order valence-electron chi connectivity index (χ3n) is 4.22. The third-order valence-corrected chi connectivity index (χ3v) is 4.22. The normalized spacial score (nSPS) is 11.1. The molecule has 0 atom stereocenters. The van der Waals surface area contributed by atoms with E-state index in [1.807, 2.05) is 42.4 Å². The lowest BCUT2D eigenvalue weighted by molar-refractivity contribution is 0.0943. The summed E-state index contributed by atoms with van der Waals surface area (Å²) in [4.78, 5) is 12.6. The van der Waals surface area contributed by atoms with Gasteiger partial charge in [0.15, 0.2) is 0 Å². The van der Waals surface area contributed by atoms with E-state index in [1.165, 1.54) is 5.56 Å². The van der Waals surface area contributed by atoms with Gasteiger partial charge >= 0.3 is 0 Å². The molecule has 120 valence electrons. The van der Waals surface area contributed by atoms with Crippen LogP contribution < -0.4 is 5.32 Å². The monoisotopic (exact) mass is 310 g/mol. The van der Waals surface area contributed by atoms with Crippen molar-refractivity contribution in [2.75, 3.05) is 6.54 Å². The molecular formula is C18H22N4O. The minimum Gasteiger partial charge on any atom is -0.349 e. The van der Waals surface area contributed by atoms with Gasteiger partial charge in [0.2, 0.25) is 0 Å². The molecule has 2 aromatic heterocycles. The van der Waals surface area contributed by atoms with Crippen LogP contribution in [-0.4, -0.2) is 26.8 Å². The van der Waals surface area contributed by atoms with E-state index in [0.717, 1.165) is 27.9 Å². The summed E-state index contributed by atoms with van der Waals surface area (Å²) in [5, 5.41) is 8.45. The average molecular weight is 310 g/mol. The van der Waals surface area contributed by atoms with Crippen LogP contribution in [0, 0.1) is 20.8 Å². The molecule has 0 aliphatic carbocycles. The van der Waals surface area contributed by atoms with Crippen LogP contribution in [0.2, 0.25) is 0 Å². The second kappa shape index (κ2) is 5.91. The van der Waals surface area contributed by atoms with Gasteiger partial charge in [-0.15, -0.1) is 0 Å². The van der Waals surface area contributed by atoms with Crippen molar-refractivity contribution < 1.29 is 4.79 Å². The predicted octanol–water partition coefficient (Wildman–Crippen LogP) is 2.73. The predicted molar refractivity (Wildman–Crippen MR) is 91.7 cm³/mol. The number of carbonyl (C=O) groups is 1. The molecule has 0 saturated carbocycles. The molecule has 5 nitrogen and oxygen atoms in total. The number of aromatic nitrogens is 3. The van der Waals surface area contributed by atoms with Crippen molar-refractivity contribution in [2.45, 2.75) is 27.3 Å². The van der Waals surface area contributed by atoms with Crippen molar-refractivity contribution in [1.82, 2.24) is 19.7 Å². The Morgan fingerprint density at radius 1 is 1.22 bits per heavy atom. The van der Waals surface area contributed by atoms with E-state index < -0.39 is 0 Å². The van der Waals surface area contributed by atoms with Gasteiger partial charge in [-0.1, -0.05) is 11.6 Å². The number of hydrogen-bond donors (Lipinski definition) is 1. The molecule has 2 heterocycles. The standard InChI is InChI=1S/C18H22N4O/c1-12-5-6-16-15(11-12)14(3)17(21(16)4)18(23)19-8-10-22-9-7-13(2)20-22/h5-7,9,11H,8,10H2,1-4H3,(H,19,23). The van der Waals surface area contributed by atoms with Crippen molar-refractivity contribution in [2.24, 2.45) is 7.05 Å². The number of hydrogen-bond acceptors (Lipinski definition) is 2. The average Bonchev–Trinajstić information content (AvgIpc) is 3.02. The Labute approximate surface area is 135 Å². The van der Waals surface area contributed by atoms with Gasteiger partial charge in [0.25, 0.3) is 5.91 Å². The first-order valence-corrected chi connectivity index (χ1v) is 7.81. The fraction of sp³-hybridized carbons (Fsp3) is 0.333. The van der Waals surface area contributed by atoms with Crippen LogP contribution in [0.3, 0.4) is 0 Å². The number of rotatable bonds is 4. The van der Waals surface area contributed by atoms with Crippen molar-refractivity contribution in [3.8, 4) is 0 Å². The number of aryl methyl sites for hydroxylation is 4. The molecule has 3 aromatic rings. The van der Waals surface area contributed by atoms with Crippen LogP contribution in [0.25, 0.3) is 10.9 Å². The Balaban J connectivity index is 1.78. The van der Waals surface area contributed by atoms with Gasteiger partial charge in [-0.05, 0) is 44.5 Å². The van der Waals surface area contributed by atoms with E-state index in [2.05, 4.69) is 35.5 Å². The molecule has 0 radical (unpaired) electrons. The molecule has 1 N–H and O–H groups in total. The topological polar surface area (TPSA) is 51.9 Å². The second-order valence-corrected chi connectivity index (χ2v) is 6.03. The Morgan fingerprint density at radius 2 is 2.00 bits per heavy atom. The highest BCUT2D eigenvalue weighted by molar-refractivity contribution is 6.01. The van der Waals surface area contributed by atoms with Gasteiger partial charge in [-0.3, -0.25) is 9.48 Å². The lowest BCUT2D eigenvalue weighted by Crippen LogP contribution is -2.29. The van der Waals surface area contributed by atoms with Crippen molar-refractivity contribution in [3.05, 3.63) is 53.0 Å². The summed E-state index contributed by atoms with van der Waals surface area (Å²) in [6.45, 7) is 7.25. The van der Waals surface area contributed by atoms with Crippen LogP contribution >= 0.6 is 0 Å². The number of amides is 1. The number of fused-ring (bicyclic) bond motifs is 1. The maximum absolute atomic E-state index is 12.6. The van der Waals surface area contributed by atoms with Crippen LogP contribution in [-0.2, 0) is 13.6 Å². The molecular weight excluding hydrogens is 288 g/mol. The summed E-state index contributed by atoms with van der Waals surface area (Å²) in [7, 11) is 1.94. The molecule has 3 rings (SSSR count). The van der Waals surface area contributed by atoms with Crippen LogP contribution in [0.4, 0.5) is 0 Å². The zero-order valence-corrected chi connectivity index (χ0v) is 14.1. The fourth-order valence-corrected chi connectivity index (χ4v) is 3.02. The van der Waals surface area contributed by atoms with E-state index in [0.29, 0.717) is 13.1 Å². The quantitative estimate of drug-likeness (QED) is 0.805. The molecule has 23 heavy (non-hydrogen) atoms. The minimum absolute atomic E-state index is 0.0391. The molecule has 0 aliphatic rings. The number of carbonyl (C=O) groups excluding carboxylic acids is 1. The Morgan fingerprint density at radius 3 is 2.70 bits per heavy atom. The van der Waals surface area contributed by atoms with Gasteiger partial charge in [-0.25, -0.2) is 0 Å². The highest BCUT2D eigenvalue weighted by Gasteiger charge is 2.17. The molecule has 5 heteroatoms. The summed E-state index contributed by atoms with van der Waals surface area (Å²) in [6, 6.07) is 8.23. The number of nitrogens with one attached hydrogen (secondary N) is 1. The van der Waals surface area contributed by atoms with Crippen molar-refractivity contribution in [1.29, 1.82) is 0 Å². The Hall–Kier alpha value is -2.56. The summed E-state index contributed by atoms with van der Waals surface area (Å²) in [5.74, 6) is -0.0391. The zero-order chi connectivity index (χ0) is 16.6. The Bertz CT molecular complexity index is 873. The van der Waals surface area contributed by atoms with Gasteiger partial charge in [0, 0.05) is 30.7 Å². The molecule has 1 aromatic carbocycles. The summed E-state index contributed by atoms with van der Waals surface area (Å²) >= 11 is 0. The summed E-state index contributed by atoms with van der Waals surface area (Å²) < 4.78 is 3.81. The first kappa shape index (κ1) is 15.3.